The number of fused-ring (bicyclic) bond motifs is 3. The van der Waals surface area contributed by atoms with E-state index in [-0.39, 0.29) is 0 Å². The zero-order chi connectivity index (χ0) is 18.2. The molecule has 1 fully saturated rings. The molecule has 27 heavy (non-hydrogen) atoms. The molecular formula is C20H23ClN6. The lowest BCUT2D eigenvalue weighted by atomic mass is 10.2. The Morgan fingerprint density at radius 3 is 2.41 bits per heavy atom. The maximum absolute atomic E-state index is 6.01. The summed E-state index contributed by atoms with van der Waals surface area (Å²) in [6, 6.07) is 8.09. The van der Waals surface area contributed by atoms with Gasteiger partial charge in [0.1, 0.15) is 12.2 Å². The van der Waals surface area contributed by atoms with Crippen molar-refractivity contribution in [1.29, 1.82) is 0 Å². The van der Waals surface area contributed by atoms with E-state index in [2.05, 4.69) is 36.5 Å². The summed E-state index contributed by atoms with van der Waals surface area (Å²) in [5.74, 6) is 2.15. The zero-order valence-corrected chi connectivity index (χ0v) is 16.1. The highest BCUT2D eigenvalue weighted by Crippen LogP contribution is 2.28. The van der Waals surface area contributed by atoms with Gasteiger partial charge in [-0.15, -0.1) is 0 Å². The van der Waals surface area contributed by atoms with Crippen molar-refractivity contribution in [3.8, 4) is 0 Å². The lowest BCUT2D eigenvalue weighted by molar-refractivity contribution is 0.641. The van der Waals surface area contributed by atoms with E-state index in [4.69, 9.17) is 16.6 Å². The van der Waals surface area contributed by atoms with Crippen LogP contribution in [0.1, 0.15) is 25.1 Å². The third-order valence-electron chi connectivity index (χ3n) is 5.64. The van der Waals surface area contributed by atoms with Gasteiger partial charge in [-0.05, 0) is 37.1 Å². The standard InChI is InChI=1S/C20H23ClN6/c21-15-5-7-16(8-6-15)25-10-12-26(13-11-25)19-18-20(23-14-22-19)27-9-3-1-2-4-17(27)24-18/h5-8,14H,1-4,9-13H2. The fourth-order valence-electron chi connectivity index (χ4n) is 4.19. The molecule has 0 unspecified atom stereocenters. The molecule has 0 amide bonds. The molecule has 1 aromatic carbocycles. The van der Waals surface area contributed by atoms with E-state index in [1.165, 1.54) is 30.8 Å². The highest BCUT2D eigenvalue weighted by molar-refractivity contribution is 6.30. The first-order valence-corrected chi connectivity index (χ1v) is 10.1. The van der Waals surface area contributed by atoms with E-state index in [1.807, 2.05) is 12.1 Å². The Bertz CT molecular complexity index is 943. The van der Waals surface area contributed by atoms with Crippen LogP contribution in [0.25, 0.3) is 11.2 Å². The van der Waals surface area contributed by atoms with Gasteiger partial charge >= 0.3 is 0 Å². The number of anilines is 2. The fourth-order valence-corrected chi connectivity index (χ4v) is 4.31. The Hall–Kier alpha value is -2.34. The number of hydrogen-bond donors (Lipinski definition) is 0. The summed E-state index contributed by atoms with van der Waals surface area (Å²) in [6.45, 7) is 4.79. The molecule has 2 aliphatic rings. The summed E-state index contributed by atoms with van der Waals surface area (Å²) < 4.78 is 2.30. The average molecular weight is 383 g/mol. The molecule has 0 saturated carbocycles. The number of imidazole rings is 1. The van der Waals surface area contributed by atoms with Crippen LogP contribution in [-0.2, 0) is 13.0 Å². The van der Waals surface area contributed by atoms with Crippen LogP contribution >= 0.6 is 11.6 Å². The molecule has 2 aliphatic heterocycles. The number of aryl methyl sites for hydroxylation is 2. The number of benzene rings is 1. The molecule has 0 atom stereocenters. The summed E-state index contributed by atoms with van der Waals surface area (Å²) in [6.07, 6.45) is 6.43. The molecule has 1 saturated heterocycles. The smallest absolute Gasteiger partial charge is 0.165 e. The van der Waals surface area contributed by atoms with Crippen molar-refractivity contribution in [2.45, 2.75) is 32.2 Å². The van der Waals surface area contributed by atoms with E-state index in [9.17, 15) is 0 Å². The van der Waals surface area contributed by atoms with E-state index in [1.54, 1.807) is 6.33 Å². The van der Waals surface area contributed by atoms with Crippen LogP contribution in [0.3, 0.4) is 0 Å². The van der Waals surface area contributed by atoms with Gasteiger partial charge in [-0.1, -0.05) is 18.0 Å². The van der Waals surface area contributed by atoms with Crippen molar-refractivity contribution in [2.75, 3.05) is 36.0 Å². The minimum atomic E-state index is 0.778. The minimum absolute atomic E-state index is 0.778. The third-order valence-corrected chi connectivity index (χ3v) is 5.90. The largest absolute Gasteiger partial charge is 0.368 e. The van der Waals surface area contributed by atoms with Gasteiger partial charge in [0.15, 0.2) is 17.0 Å². The first kappa shape index (κ1) is 16.8. The molecule has 0 spiro atoms. The number of nitrogens with zero attached hydrogens (tertiary/aromatic N) is 6. The van der Waals surface area contributed by atoms with E-state index < -0.39 is 0 Å². The van der Waals surface area contributed by atoms with Crippen LogP contribution in [0, 0.1) is 0 Å². The van der Waals surface area contributed by atoms with Crippen LogP contribution in [-0.4, -0.2) is 45.7 Å². The van der Waals surface area contributed by atoms with Gasteiger partial charge in [-0.2, -0.15) is 0 Å². The summed E-state index contributed by atoms with van der Waals surface area (Å²) in [5.41, 5.74) is 3.19. The second kappa shape index (κ2) is 7.00. The molecule has 140 valence electrons. The van der Waals surface area contributed by atoms with Crippen molar-refractivity contribution < 1.29 is 0 Å². The van der Waals surface area contributed by atoms with Gasteiger partial charge in [0, 0.05) is 49.9 Å². The van der Waals surface area contributed by atoms with Crippen LogP contribution < -0.4 is 9.80 Å². The monoisotopic (exact) mass is 382 g/mol. The Kier molecular flexibility index (Phi) is 4.36. The highest BCUT2D eigenvalue weighted by atomic mass is 35.5. The van der Waals surface area contributed by atoms with E-state index >= 15 is 0 Å². The molecule has 4 heterocycles. The normalized spacial score (nSPS) is 17.8. The SMILES string of the molecule is Clc1ccc(N2CCN(c3ncnc4c3nc3n4CCCCC3)CC2)cc1. The molecule has 5 rings (SSSR count). The minimum Gasteiger partial charge on any atom is -0.368 e. The zero-order valence-electron chi connectivity index (χ0n) is 15.3. The van der Waals surface area contributed by atoms with Crippen molar-refractivity contribution in [2.24, 2.45) is 0 Å². The maximum Gasteiger partial charge on any atom is 0.165 e. The van der Waals surface area contributed by atoms with Gasteiger partial charge in [-0.3, -0.25) is 0 Å². The molecule has 0 radical (unpaired) electrons. The number of aromatic nitrogens is 4. The van der Waals surface area contributed by atoms with Crippen molar-refractivity contribution in [1.82, 2.24) is 19.5 Å². The summed E-state index contributed by atoms with van der Waals surface area (Å²) in [5, 5.41) is 0.778. The lowest BCUT2D eigenvalue weighted by Gasteiger charge is -2.36. The van der Waals surface area contributed by atoms with Gasteiger partial charge in [-0.25, -0.2) is 15.0 Å². The van der Waals surface area contributed by atoms with Crippen molar-refractivity contribution in [3.63, 3.8) is 0 Å². The fraction of sp³-hybridized carbons (Fsp3) is 0.450. The molecular weight excluding hydrogens is 360 g/mol. The van der Waals surface area contributed by atoms with Crippen LogP contribution in [0.15, 0.2) is 30.6 Å². The molecule has 6 nitrogen and oxygen atoms in total. The van der Waals surface area contributed by atoms with Gasteiger partial charge < -0.3 is 14.4 Å². The highest BCUT2D eigenvalue weighted by Gasteiger charge is 2.23. The van der Waals surface area contributed by atoms with Crippen molar-refractivity contribution in [3.05, 3.63) is 41.4 Å². The second-order valence-electron chi connectivity index (χ2n) is 7.31. The van der Waals surface area contributed by atoms with Crippen LogP contribution in [0.2, 0.25) is 5.02 Å². The number of piperazine rings is 1. The number of halogens is 1. The Balaban J connectivity index is 1.39. The first-order valence-electron chi connectivity index (χ1n) is 9.75. The average Bonchev–Trinajstić information content (AvgIpc) is 2.90. The predicted octanol–water partition coefficient (Wildman–Crippen LogP) is 3.53. The molecule has 2 aromatic heterocycles. The molecule has 0 bridgehead atoms. The third kappa shape index (κ3) is 3.12. The molecule has 0 N–H and O–H groups in total. The molecule has 7 heteroatoms. The van der Waals surface area contributed by atoms with Crippen LogP contribution in [0.5, 0.6) is 0 Å². The van der Waals surface area contributed by atoms with Crippen LogP contribution in [0.4, 0.5) is 11.5 Å². The summed E-state index contributed by atoms with van der Waals surface area (Å²) in [4.78, 5) is 18.9. The Morgan fingerprint density at radius 2 is 1.59 bits per heavy atom. The predicted molar refractivity (Wildman–Crippen MR) is 109 cm³/mol. The number of rotatable bonds is 2. The Labute approximate surface area is 163 Å². The van der Waals surface area contributed by atoms with E-state index in [0.29, 0.717) is 0 Å². The summed E-state index contributed by atoms with van der Waals surface area (Å²) in [7, 11) is 0. The topological polar surface area (TPSA) is 50.1 Å². The molecule has 3 aromatic rings. The molecule has 0 aliphatic carbocycles. The lowest BCUT2D eigenvalue weighted by Crippen LogP contribution is -2.47. The Morgan fingerprint density at radius 1 is 0.815 bits per heavy atom. The van der Waals surface area contributed by atoms with Gasteiger partial charge in [0.2, 0.25) is 0 Å². The van der Waals surface area contributed by atoms with Gasteiger partial charge in [0.05, 0.1) is 0 Å². The second-order valence-corrected chi connectivity index (χ2v) is 7.75. The maximum atomic E-state index is 6.01. The number of hydrogen-bond acceptors (Lipinski definition) is 5. The first-order chi connectivity index (χ1) is 13.3. The van der Waals surface area contributed by atoms with E-state index in [0.717, 1.165) is 61.1 Å². The van der Waals surface area contributed by atoms with Gasteiger partial charge in [0.25, 0.3) is 0 Å². The van der Waals surface area contributed by atoms with Crippen molar-refractivity contribution >= 4 is 34.3 Å². The quantitative estimate of drug-likeness (QED) is 0.678. The summed E-state index contributed by atoms with van der Waals surface area (Å²) >= 11 is 6.01.